The molecule has 9 nitrogen and oxygen atoms in total. The van der Waals surface area contributed by atoms with Crippen LogP contribution in [-0.2, 0) is 19.2 Å². The monoisotopic (exact) mass is 377 g/mol. The first-order chi connectivity index (χ1) is 12.8. The number of hydrogen-bond acceptors (Lipinski definition) is 7. The number of amides is 3. The minimum Gasteiger partial charge on any atom is -0.390 e. The highest BCUT2D eigenvalue weighted by molar-refractivity contribution is 6.66. The Morgan fingerprint density at radius 3 is 2.89 bits per heavy atom. The zero-order valence-corrected chi connectivity index (χ0v) is 15.3. The lowest BCUT2D eigenvalue weighted by atomic mass is 9.99. The summed E-state index contributed by atoms with van der Waals surface area (Å²) in [4.78, 5) is 53.8. The van der Waals surface area contributed by atoms with Crippen molar-refractivity contribution in [1.29, 1.82) is 0 Å². The molecule has 2 aliphatic heterocycles. The molecule has 1 saturated heterocycles. The number of Topliss-reactive ketones (excluding diaryl/α,β-unsaturated/α-hetero) is 1. The number of aliphatic hydroxyl groups excluding tert-OH is 1. The van der Waals surface area contributed by atoms with Crippen LogP contribution in [0.4, 0.5) is 0 Å². The minimum atomic E-state index is -0.975. The molecule has 2 heterocycles. The Morgan fingerprint density at radius 1 is 1.48 bits per heavy atom. The fourth-order valence-electron chi connectivity index (χ4n) is 2.97. The third-order valence-corrected chi connectivity index (χ3v) is 4.65. The molecule has 0 aliphatic carbocycles. The van der Waals surface area contributed by atoms with Gasteiger partial charge in [-0.05, 0) is 25.8 Å². The lowest BCUT2D eigenvalue weighted by molar-refractivity contribution is -0.144. The largest absolute Gasteiger partial charge is 0.390 e. The molecule has 27 heavy (non-hydrogen) atoms. The number of nitrogens with two attached hydrogens (primary N) is 1. The van der Waals surface area contributed by atoms with Crippen molar-refractivity contribution in [2.24, 2.45) is 16.6 Å². The Balaban J connectivity index is 2.26. The number of nitrogens with one attached hydrogen (secondary N) is 1. The number of aliphatic imine (C=N–C) groups is 1. The second-order valence-corrected chi connectivity index (χ2v) is 6.73. The highest BCUT2D eigenvalue weighted by Crippen LogP contribution is 2.19. The van der Waals surface area contributed by atoms with E-state index in [2.05, 4.69) is 10.3 Å². The molecule has 1 radical (unpaired) electrons. The van der Waals surface area contributed by atoms with Crippen molar-refractivity contribution in [3.05, 3.63) is 18.7 Å². The summed E-state index contributed by atoms with van der Waals surface area (Å²) in [6.45, 7) is 2.44. The van der Waals surface area contributed by atoms with Gasteiger partial charge in [-0.15, -0.1) is 0 Å². The van der Waals surface area contributed by atoms with E-state index in [4.69, 9.17) is 5.73 Å². The van der Waals surface area contributed by atoms with E-state index in [9.17, 15) is 24.3 Å². The van der Waals surface area contributed by atoms with Crippen LogP contribution in [0.1, 0.15) is 32.6 Å². The summed E-state index contributed by atoms with van der Waals surface area (Å²) in [6.07, 6.45) is 4.22. The van der Waals surface area contributed by atoms with E-state index in [0.717, 1.165) is 4.90 Å². The Labute approximate surface area is 157 Å². The number of imide groups is 1. The smallest absolute Gasteiger partial charge is 0.283 e. The fraction of sp³-hybridized carbons (Fsp3) is 0.556. The molecule has 0 aromatic carbocycles. The minimum absolute atomic E-state index is 0.0316. The number of ketones is 1. The number of rotatable bonds is 6. The predicted octanol–water partition coefficient (Wildman–Crippen LogP) is -0.902. The Hall–Kier alpha value is -2.39. The Morgan fingerprint density at radius 2 is 2.22 bits per heavy atom. The van der Waals surface area contributed by atoms with Crippen molar-refractivity contribution in [1.82, 2.24) is 10.2 Å². The normalized spacial score (nSPS) is 23.9. The van der Waals surface area contributed by atoms with Gasteiger partial charge in [-0.3, -0.25) is 24.1 Å². The van der Waals surface area contributed by atoms with Crippen molar-refractivity contribution < 1.29 is 24.3 Å². The molecule has 3 atom stereocenters. The van der Waals surface area contributed by atoms with E-state index in [-0.39, 0.29) is 25.1 Å². The van der Waals surface area contributed by atoms with Gasteiger partial charge in [0.1, 0.15) is 0 Å². The molecule has 0 spiro atoms. The molecule has 9 heteroatoms. The molecule has 2 rings (SSSR count). The quantitative estimate of drug-likeness (QED) is 0.547. The fourth-order valence-corrected chi connectivity index (χ4v) is 2.97. The van der Waals surface area contributed by atoms with Gasteiger partial charge in [0.05, 0.1) is 18.6 Å². The first kappa shape index (κ1) is 20.9. The van der Waals surface area contributed by atoms with Crippen LogP contribution >= 0.6 is 0 Å². The Bertz CT molecular complexity index is 673. The summed E-state index contributed by atoms with van der Waals surface area (Å²) < 4.78 is 0. The zero-order valence-electron chi connectivity index (χ0n) is 15.3. The third-order valence-electron chi connectivity index (χ3n) is 4.65. The predicted molar refractivity (Wildman–Crippen MR) is 97.2 cm³/mol. The van der Waals surface area contributed by atoms with Crippen LogP contribution in [0.25, 0.3) is 0 Å². The van der Waals surface area contributed by atoms with E-state index in [1.807, 2.05) is 0 Å². The molecule has 2 aliphatic rings. The van der Waals surface area contributed by atoms with Crippen LogP contribution in [-0.4, -0.2) is 64.5 Å². The molecular weight excluding hydrogens is 352 g/mol. The summed E-state index contributed by atoms with van der Waals surface area (Å²) >= 11 is 0. The van der Waals surface area contributed by atoms with E-state index in [1.165, 1.54) is 18.7 Å². The maximum Gasteiger partial charge on any atom is 0.283 e. The second-order valence-electron chi connectivity index (χ2n) is 6.73. The number of primary amides is 1. The lowest BCUT2D eigenvalue weighted by Gasteiger charge is -2.32. The first-order valence-electron chi connectivity index (χ1n) is 8.97. The van der Waals surface area contributed by atoms with Crippen LogP contribution < -0.4 is 11.1 Å². The number of carbonyl (C=O) groups is 4. The SMILES string of the molecule is CC(C[CH]C(=O)N(C(=O)C1=NC=CCC1=O)C1CCCNC[C@@H]1O)C(N)=O. The first-order valence-corrected chi connectivity index (χ1v) is 8.97. The molecule has 3 amide bonds. The van der Waals surface area contributed by atoms with Crippen molar-refractivity contribution in [3.63, 3.8) is 0 Å². The zero-order chi connectivity index (χ0) is 20.0. The summed E-state index contributed by atoms with van der Waals surface area (Å²) in [7, 11) is 0. The maximum atomic E-state index is 13.0. The Kier molecular flexibility index (Phi) is 7.37. The average molecular weight is 377 g/mol. The molecule has 0 saturated carbocycles. The number of β-amino-alcohol motifs (C(OH)–C–C–N with tert-alkyl or cyclic N) is 1. The summed E-state index contributed by atoms with van der Waals surface area (Å²) in [6, 6.07) is -0.790. The van der Waals surface area contributed by atoms with Crippen molar-refractivity contribution in [2.45, 2.75) is 44.8 Å². The van der Waals surface area contributed by atoms with Crippen molar-refractivity contribution in [3.8, 4) is 0 Å². The molecule has 147 valence electrons. The van der Waals surface area contributed by atoms with E-state index in [1.54, 1.807) is 6.92 Å². The summed E-state index contributed by atoms with van der Waals surface area (Å²) in [5, 5.41) is 13.4. The molecule has 0 bridgehead atoms. The van der Waals surface area contributed by atoms with E-state index >= 15 is 0 Å². The van der Waals surface area contributed by atoms with Gasteiger partial charge in [0.15, 0.2) is 11.5 Å². The van der Waals surface area contributed by atoms with Gasteiger partial charge in [0.2, 0.25) is 11.8 Å². The van der Waals surface area contributed by atoms with E-state index < -0.39 is 41.6 Å². The van der Waals surface area contributed by atoms with Crippen LogP contribution in [0, 0.1) is 12.3 Å². The summed E-state index contributed by atoms with van der Waals surface area (Å²) in [5.41, 5.74) is 4.88. The molecule has 0 aromatic heterocycles. The molecule has 2 unspecified atom stereocenters. The number of carbonyl (C=O) groups excluding carboxylic acids is 4. The van der Waals surface area contributed by atoms with Gasteiger partial charge in [-0.25, -0.2) is 4.99 Å². The number of aliphatic hydroxyl groups is 1. The lowest BCUT2D eigenvalue weighted by Crippen LogP contribution is -2.55. The average Bonchev–Trinajstić information content (AvgIpc) is 2.84. The molecular formula is C18H25N4O5. The standard InChI is InChI=1S/C18H25N4O5/c1-11(17(19)26)6-7-15(25)22(12-4-2-8-20-10-14(12)24)18(27)16-13(23)5-3-9-21-16/h3,7,9,11-12,14,20,24H,2,4-6,8,10H2,1H3,(H2,19,26)/t11?,12?,14-/m0/s1. The highest BCUT2D eigenvalue weighted by Gasteiger charge is 2.38. The van der Waals surface area contributed by atoms with Crippen molar-refractivity contribution in [2.75, 3.05) is 13.1 Å². The van der Waals surface area contributed by atoms with Gasteiger partial charge < -0.3 is 16.2 Å². The van der Waals surface area contributed by atoms with E-state index in [0.29, 0.717) is 19.4 Å². The van der Waals surface area contributed by atoms with Crippen LogP contribution in [0.3, 0.4) is 0 Å². The van der Waals surface area contributed by atoms with Gasteiger partial charge in [0, 0.05) is 25.1 Å². The van der Waals surface area contributed by atoms with Gasteiger partial charge >= 0.3 is 0 Å². The highest BCUT2D eigenvalue weighted by atomic mass is 16.3. The van der Waals surface area contributed by atoms with Gasteiger partial charge in [-0.2, -0.15) is 0 Å². The molecule has 4 N–H and O–H groups in total. The van der Waals surface area contributed by atoms with Crippen LogP contribution in [0.2, 0.25) is 0 Å². The molecule has 1 fully saturated rings. The van der Waals surface area contributed by atoms with Gasteiger partial charge in [-0.1, -0.05) is 13.0 Å². The second kappa shape index (κ2) is 9.52. The maximum absolute atomic E-state index is 13.0. The number of hydrogen-bond donors (Lipinski definition) is 3. The third kappa shape index (κ3) is 5.30. The number of allylic oxidation sites excluding steroid dienone is 1. The van der Waals surface area contributed by atoms with Crippen molar-refractivity contribution >= 4 is 29.2 Å². The number of nitrogens with zero attached hydrogens (tertiary/aromatic N) is 2. The summed E-state index contributed by atoms with van der Waals surface area (Å²) in [5.74, 6) is -3.13. The topological polar surface area (TPSA) is 142 Å². The molecule has 0 aromatic rings. The van der Waals surface area contributed by atoms with Crippen LogP contribution in [0.5, 0.6) is 0 Å². The van der Waals surface area contributed by atoms with Crippen LogP contribution in [0.15, 0.2) is 17.3 Å². The van der Waals surface area contributed by atoms with Gasteiger partial charge in [0.25, 0.3) is 5.91 Å².